The first kappa shape index (κ1) is 9.15. The zero-order valence-corrected chi connectivity index (χ0v) is 7.77. The Bertz CT molecular complexity index is 309. The van der Waals surface area contributed by atoms with Crippen molar-refractivity contribution in [2.24, 2.45) is 5.92 Å². The van der Waals surface area contributed by atoms with Gasteiger partial charge in [-0.05, 0) is 12.1 Å². The minimum Gasteiger partial charge on any atom is -0.381 e. The first-order chi connectivity index (χ1) is 6.86. The molecule has 1 amide bonds. The molecule has 1 aromatic rings. The van der Waals surface area contributed by atoms with E-state index in [1.807, 2.05) is 0 Å². The van der Waals surface area contributed by atoms with E-state index in [4.69, 9.17) is 4.74 Å². The van der Waals surface area contributed by atoms with Gasteiger partial charge in [0.15, 0.2) is 0 Å². The minimum atomic E-state index is -0.0648. The fourth-order valence-electron chi connectivity index (χ4n) is 1.24. The second-order valence-corrected chi connectivity index (χ2v) is 3.36. The molecule has 0 radical (unpaired) electrons. The van der Waals surface area contributed by atoms with Gasteiger partial charge in [-0.15, -0.1) is 0 Å². The van der Waals surface area contributed by atoms with E-state index >= 15 is 0 Å². The smallest absolute Gasteiger partial charge is 0.252 e. The van der Waals surface area contributed by atoms with Gasteiger partial charge >= 0.3 is 0 Å². The predicted octanol–water partition coefficient (Wildman–Crippen LogP) is 0.458. The molecule has 1 fully saturated rings. The van der Waals surface area contributed by atoms with Crippen molar-refractivity contribution in [2.75, 3.05) is 19.8 Å². The van der Waals surface area contributed by atoms with Crippen LogP contribution < -0.4 is 5.32 Å². The molecule has 1 aromatic heterocycles. The normalized spacial score (nSPS) is 16.0. The van der Waals surface area contributed by atoms with Crippen LogP contribution in [-0.2, 0) is 4.74 Å². The van der Waals surface area contributed by atoms with Crippen LogP contribution in [0.2, 0.25) is 0 Å². The number of nitrogens with zero attached hydrogens (tertiary/aromatic N) is 1. The molecule has 0 bridgehead atoms. The second-order valence-electron chi connectivity index (χ2n) is 3.36. The van der Waals surface area contributed by atoms with Crippen molar-refractivity contribution in [3.05, 3.63) is 30.1 Å². The highest BCUT2D eigenvalue weighted by Gasteiger charge is 2.18. The quantitative estimate of drug-likeness (QED) is 0.756. The lowest BCUT2D eigenvalue weighted by Gasteiger charge is -2.25. The molecule has 1 aliphatic rings. The summed E-state index contributed by atoms with van der Waals surface area (Å²) in [6.07, 6.45) is 3.21. The molecule has 2 rings (SSSR count). The number of amides is 1. The monoisotopic (exact) mass is 192 g/mol. The van der Waals surface area contributed by atoms with Gasteiger partial charge in [-0.2, -0.15) is 0 Å². The lowest BCUT2D eigenvalue weighted by Crippen LogP contribution is -2.39. The number of carbonyl (C=O) groups excluding carboxylic acids is 1. The number of rotatable bonds is 3. The fraction of sp³-hybridized carbons (Fsp3) is 0.400. The summed E-state index contributed by atoms with van der Waals surface area (Å²) in [5.74, 6) is 0.417. The summed E-state index contributed by atoms with van der Waals surface area (Å²) in [5.41, 5.74) is 0.604. The molecule has 0 unspecified atom stereocenters. The van der Waals surface area contributed by atoms with Gasteiger partial charge in [0.2, 0.25) is 0 Å². The van der Waals surface area contributed by atoms with Crippen LogP contribution in [0.4, 0.5) is 0 Å². The van der Waals surface area contributed by atoms with Crippen LogP contribution in [0.5, 0.6) is 0 Å². The molecule has 4 heteroatoms. The van der Waals surface area contributed by atoms with Gasteiger partial charge in [0, 0.05) is 24.9 Å². The lowest BCUT2D eigenvalue weighted by molar-refractivity contribution is -0.0298. The summed E-state index contributed by atoms with van der Waals surface area (Å²) >= 11 is 0. The third-order valence-electron chi connectivity index (χ3n) is 2.18. The Hall–Kier alpha value is -1.42. The van der Waals surface area contributed by atoms with Gasteiger partial charge in [0.1, 0.15) is 0 Å². The summed E-state index contributed by atoms with van der Waals surface area (Å²) in [7, 11) is 0. The van der Waals surface area contributed by atoms with E-state index < -0.39 is 0 Å². The number of aromatic nitrogens is 1. The Labute approximate surface area is 82.3 Å². The SMILES string of the molecule is O=C(NCC1COC1)c1cccnc1. The van der Waals surface area contributed by atoms with Crippen LogP contribution in [0, 0.1) is 5.92 Å². The van der Waals surface area contributed by atoms with E-state index in [0.29, 0.717) is 18.0 Å². The van der Waals surface area contributed by atoms with E-state index in [9.17, 15) is 4.79 Å². The molecule has 1 N–H and O–H groups in total. The third kappa shape index (κ3) is 2.09. The van der Waals surface area contributed by atoms with Crippen LogP contribution in [0.25, 0.3) is 0 Å². The van der Waals surface area contributed by atoms with Crippen molar-refractivity contribution in [2.45, 2.75) is 0 Å². The van der Waals surface area contributed by atoms with E-state index in [1.165, 1.54) is 0 Å². The van der Waals surface area contributed by atoms with E-state index in [2.05, 4.69) is 10.3 Å². The summed E-state index contributed by atoms with van der Waals surface area (Å²) in [6.45, 7) is 2.20. The number of carbonyl (C=O) groups is 1. The van der Waals surface area contributed by atoms with Crippen molar-refractivity contribution in [3.8, 4) is 0 Å². The largest absolute Gasteiger partial charge is 0.381 e. The third-order valence-corrected chi connectivity index (χ3v) is 2.18. The highest BCUT2D eigenvalue weighted by atomic mass is 16.5. The van der Waals surface area contributed by atoms with Crippen molar-refractivity contribution in [3.63, 3.8) is 0 Å². The molecule has 0 atom stereocenters. The zero-order valence-electron chi connectivity index (χ0n) is 7.77. The van der Waals surface area contributed by atoms with E-state index in [1.54, 1.807) is 24.5 Å². The van der Waals surface area contributed by atoms with Crippen LogP contribution in [-0.4, -0.2) is 30.6 Å². The second kappa shape index (κ2) is 4.19. The molecule has 0 aromatic carbocycles. The summed E-state index contributed by atoms with van der Waals surface area (Å²) < 4.78 is 5.01. The molecule has 0 spiro atoms. The van der Waals surface area contributed by atoms with Gasteiger partial charge < -0.3 is 10.1 Å². The van der Waals surface area contributed by atoms with Crippen molar-refractivity contribution < 1.29 is 9.53 Å². The highest BCUT2D eigenvalue weighted by Crippen LogP contribution is 2.08. The lowest BCUT2D eigenvalue weighted by atomic mass is 10.1. The number of ether oxygens (including phenoxy) is 1. The van der Waals surface area contributed by atoms with E-state index in [-0.39, 0.29) is 5.91 Å². The Kier molecular flexibility index (Phi) is 2.74. The van der Waals surface area contributed by atoms with Gasteiger partial charge in [-0.1, -0.05) is 0 Å². The maximum absolute atomic E-state index is 11.5. The Balaban J connectivity index is 1.83. The molecular weight excluding hydrogens is 180 g/mol. The van der Waals surface area contributed by atoms with Gasteiger partial charge in [-0.25, -0.2) is 0 Å². The molecular formula is C10H12N2O2. The van der Waals surface area contributed by atoms with Crippen LogP contribution in [0.3, 0.4) is 0 Å². The van der Waals surface area contributed by atoms with Crippen molar-refractivity contribution in [1.29, 1.82) is 0 Å². The van der Waals surface area contributed by atoms with Crippen LogP contribution in [0.15, 0.2) is 24.5 Å². The van der Waals surface area contributed by atoms with Crippen molar-refractivity contribution >= 4 is 5.91 Å². The number of hydrogen-bond donors (Lipinski definition) is 1. The number of pyridine rings is 1. The average Bonchev–Trinajstić information content (AvgIpc) is 2.16. The topological polar surface area (TPSA) is 51.2 Å². The molecule has 14 heavy (non-hydrogen) atoms. The zero-order chi connectivity index (χ0) is 9.80. The van der Waals surface area contributed by atoms with E-state index in [0.717, 1.165) is 13.2 Å². The fourth-order valence-corrected chi connectivity index (χ4v) is 1.24. The first-order valence-corrected chi connectivity index (χ1v) is 4.62. The summed E-state index contributed by atoms with van der Waals surface area (Å²) in [6, 6.07) is 3.50. The Morgan fingerprint density at radius 1 is 1.64 bits per heavy atom. The molecule has 74 valence electrons. The Morgan fingerprint density at radius 3 is 3.07 bits per heavy atom. The minimum absolute atomic E-state index is 0.0648. The number of nitrogens with one attached hydrogen (secondary N) is 1. The standard InChI is InChI=1S/C10H12N2O2/c13-10(9-2-1-3-11-5-9)12-4-8-6-14-7-8/h1-3,5,8H,4,6-7H2,(H,12,13). The molecule has 4 nitrogen and oxygen atoms in total. The highest BCUT2D eigenvalue weighted by molar-refractivity contribution is 5.93. The summed E-state index contributed by atoms with van der Waals surface area (Å²) in [4.78, 5) is 15.4. The predicted molar refractivity (Wildman–Crippen MR) is 50.9 cm³/mol. The molecule has 1 saturated heterocycles. The maximum Gasteiger partial charge on any atom is 0.252 e. The summed E-state index contributed by atoms with van der Waals surface area (Å²) in [5, 5.41) is 2.84. The van der Waals surface area contributed by atoms with Crippen molar-refractivity contribution in [1.82, 2.24) is 10.3 Å². The molecule has 0 saturated carbocycles. The van der Waals surface area contributed by atoms with Crippen LogP contribution >= 0.6 is 0 Å². The van der Waals surface area contributed by atoms with Gasteiger partial charge in [-0.3, -0.25) is 9.78 Å². The van der Waals surface area contributed by atoms with Gasteiger partial charge in [0.05, 0.1) is 18.8 Å². The first-order valence-electron chi connectivity index (χ1n) is 4.62. The average molecular weight is 192 g/mol. The maximum atomic E-state index is 11.5. The molecule has 0 aliphatic carbocycles. The molecule has 2 heterocycles. The number of hydrogen-bond acceptors (Lipinski definition) is 3. The Morgan fingerprint density at radius 2 is 2.50 bits per heavy atom. The molecule has 1 aliphatic heterocycles. The van der Waals surface area contributed by atoms with Crippen LogP contribution in [0.1, 0.15) is 10.4 Å². The van der Waals surface area contributed by atoms with Gasteiger partial charge in [0.25, 0.3) is 5.91 Å².